The van der Waals surface area contributed by atoms with E-state index in [0.717, 1.165) is 22.5 Å². The van der Waals surface area contributed by atoms with Gasteiger partial charge in [0.2, 0.25) is 23.0 Å². The van der Waals surface area contributed by atoms with Gasteiger partial charge in [-0.15, -0.1) is 11.3 Å². The zero-order chi connectivity index (χ0) is 30.4. The molecular formula is C29H32N4O8S. The summed E-state index contributed by atoms with van der Waals surface area (Å²) < 4.78 is 21.9. The lowest BCUT2D eigenvalue weighted by atomic mass is 9.95. The number of ether oxygens (including phenoxy) is 4. The van der Waals surface area contributed by atoms with Crippen molar-refractivity contribution in [3.63, 3.8) is 0 Å². The van der Waals surface area contributed by atoms with Gasteiger partial charge in [0.25, 0.3) is 0 Å². The van der Waals surface area contributed by atoms with Crippen molar-refractivity contribution in [3.05, 3.63) is 56.7 Å². The van der Waals surface area contributed by atoms with E-state index in [2.05, 4.69) is 20.9 Å². The van der Waals surface area contributed by atoms with Gasteiger partial charge < -0.3 is 34.9 Å². The zero-order valence-electron chi connectivity index (χ0n) is 23.9. The van der Waals surface area contributed by atoms with E-state index in [0.29, 0.717) is 41.2 Å². The van der Waals surface area contributed by atoms with Gasteiger partial charge in [0.05, 0.1) is 46.2 Å². The third kappa shape index (κ3) is 6.46. The average Bonchev–Trinajstić information content (AvgIpc) is 3.30. The Bertz CT molecular complexity index is 1570. The summed E-state index contributed by atoms with van der Waals surface area (Å²) in [6.07, 6.45) is 1.10. The predicted molar refractivity (Wildman–Crippen MR) is 158 cm³/mol. The lowest BCUT2D eigenvalue weighted by Gasteiger charge is -2.19. The second-order valence-electron chi connectivity index (χ2n) is 9.26. The molecule has 3 N–H and O–H groups in total. The summed E-state index contributed by atoms with van der Waals surface area (Å²) in [5.41, 5.74) is 2.79. The monoisotopic (exact) mass is 596 g/mol. The Kier molecular flexibility index (Phi) is 9.63. The Balaban J connectivity index is 1.69. The number of hydrogen-bond donors (Lipinski definition) is 3. The molecule has 0 saturated heterocycles. The van der Waals surface area contributed by atoms with E-state index in [4.69, 9.17) is 18.9 Å². The van der Waals surface area contributed by atoms with Crippen molar-refractivity contribution >= 4 is 39.9 Å². The number of fused-ring (bicyclic) bond motifs is 3. The number of esters is 1. The lowest BCUT2D eigenvalue weighted by Crippen LogP contribution is -2.27. The van der Waals surface area contributed by atoms with Crippen LogP contribution < -0.4 is 35.6 Å². The third-order valence-electron chi connectivity index (χ3n) is 6.59. The minimum atomic E-state index is -0.577. The molecule has 1 aromatic heterocycles. The second-order valence-corrected chi connectivity index (χ2v) is 10.1. The van der Waals surface area contributed by atoms with Crippen molar-refractivity contribution in [3.8, 4) is 28.4 Å². The van der Waals surface area contributed by atoms with Crippen molar-refractivity contribution in [1.29, 1.82) is 0 Å². The lowest BCUT2D eigenvalue weighted by molar-refractivity contribution is -0.119. The van der Waals surface area contributed by atoms with Gasteiger partial charge in [-0.25, -0.2) is 9.78 Å². The fourth-order valence-corrected chi connectivity index (χ4v) is 5.52. The summed E-state index contributed by atoms with van der Waals surface area (Å²) in [5, 5.41) is 10.2. The van der Waals surface area contributed by atoms with Gasteiger partial charge >= 0.3 is 5.97 Å². The molecule has 4 rings (SSSR count). The van der Waals surface area contributed by atoms with Crippen molar-refractivity contribution in [2.45, 2.75) is 32.7 Å². The first kappa shape index (κ1) is 30.3. The highest BCUT2D eigenvalue weighted by Gasteiger charge is 2.29. The van der Waals surface area contributed by atoms with Crippen LogP contribution in [0.3, 0.4) is 0 Å². The summed E-state index contributed by atoms with van der Waals surface area (Å²) >= 11 is 1.08. The van der Waals surface area contributed by atoms with Crippen molar-refractivity contribution in [2.75, 3.05) is 45.1 Å². The van der Waals surface area contributed by atoms with Crippen LogP contribution >= 0.6 is 11.3 Å². The summed E-state index contributed by atoms with van der Waals surface area (Å²) in [7, 11) is 4.58. The Hall–Kier alpha value is -4.65. The highest BCUT2D eigenvalue weighted by Crippen LogP contribution is 2.50. The van der Waals surface area contributed by atoms with E-state index in [1.54, 1.807) is 26.2 Å². The molecule has 0 spiro atoms. The van der Waals surface area contributed by atoms with Crippen molar-refractivity contribution < 1.29 is 33.3 Å². The molecule has 3 aromatic rings. The molecule has 0 radical (unpaired) electrons. The van der Waals surface area contributed by atoms with Crippen LogP contribution in [0.4, 0.5) is 10.8 Å². The van der Waals surface area contributed by atoms with Gasteiger partial charge in [-0.2, -0.15) is 0 Å². The van der Waals surface area contributed by atoms with Crippen molar-refractivity contribution in [1.82, 2.24) is 10.3 Å². The maximum absolute atomic E-state index is 13.4. The number of nitrogens with one attached hydrogen (secondary N) is 3. The number of aromatic nitrogens is 1. The first-order valence-electron chi connectivity index (χ1n) is 13.1. The molecule has 12 nitrogen and oxygen atoms in total. The molecule has 42 heavy (non-hydrogen) atoms. The van der Waals surface area contributed by atoms with E-state index in [1.807, 2.05) is 6.07 Å². The molecule has 222 valence electrons. The summed E-state index contributed by atoms with van der Waals surface area (Å²) in [5.74, 6) is 0.0651. The smallest absolute Gasteiger partial charge is 0.357 e. The van der Waals surface area contributed by atoms with E-state index >= 15 is 0 Å². The minimum absolute atomic E-state index is 0.0993. The van der Waals surface area contributed by atoms with E-state index in [-0.39, 0.29) is 41.0 Å². The largest absolute Gasteiger partial charge is 0.493 e. The molecule has 1 aliphatic rings. The number of nitrogens with zero attached hydrogens (tertiary/aromatic N) is 1. The standard InChI is InChI=1S/C29H32N4O8S/c1-6-41-28(37)21-14-42-29(32-21)33-24(36)13-30-20-10-8-17-18(12-22(20)35)19(31-15(2)34)9-7-16-11-23(38-3)26(39-4)27(40-5)25(16)17/h8,10-12,14,19H,6-7,9,13H2,1-5H3,(H,30,35)(H,31,34)(H,32,33,36). The predicted octanol–water partition coefficient (Wildman–Crippen LogP) is 3.55. The van der Waals surface area contributed by atoms with Gasteiger partial charge in [-0.1, -0.05) is 6.07 Å². The van der Waals surface area contributed by atoms with Crippen LogP contribution in [0, 0.1) is 0 Å². The molecule has 0 saturated carbocycles. The minimum Gasteiger partial charge on any atom is -0.493 e. The number of carbonyl (C=O) groups is 3. The Morgan fingerprint density at radius 1 is 1.07 bits per heavy atom. The summed E-state index contributed by atoms with van der Waals surface area (Å²) in [6, 6.07) is 6.23. The van der Waals surface area contributed by atoms with Gasteiger partial charge in [-0.3, -0.25) is 14.4 Å². The third-order valence-corrected chi connectivity index (χ3v) is 7.35. The van der Waals surface area contributed by atoms with Gasteiger partial charge in [0.1, 0.15) is 0 Å². The van der Waals surface area contributed by atoms with Crippen LogP contribution in [0.15, 0.2) is 34.4 Å². The number of methoxy groups -OCH3 is 3. The highest BCUT2D eigenvalue weighted by atomic mass is 32.1. The molecule has 13 heteroatoms. The molecule has 2 aromatic carbocycles. The van der Waals surface area contributed by atoms with E-state index in [9.17, 15) is 19.2 Å². The summed E-state index contributed by atoms with van der Waals surface area (Å²) in [6.45, 7) is 3.09. The molecule has 1 unspecified atom stereocenters. The molecule has 0 aliphatic heterocycles. The normalized spacial score (nSPS) is 13.5. The Morgan fingerprint density at radius 2 is 1.83 bits per heavy atom. The SMILES string of the molecule is CCOC(=O)c1csc(NC(=O)CNc2ccc3c(cc2=O)C(NC(C)=O)CCc2cc(OC)c(OC)c(OC)c2-3)n1. The number of benzene rings is 1. The van der Waals surface area contributed by atoms with Gasteiger partial charge in [0.15, 0.2) is 22.3 Å². The Labute approximate surface area is 246 Å². The fraction of sp³-hybridized carbons (Fsp3) is 0.345. The number of hydrogen-bond acceptors (Lipinski definition) is 11. The van der Waals surface area contributed by atoms with E-state index < -0.39 is 17.9 Å². The number of amides is 2. The molecule has 1 heterocycles. The van der Waals surface area contributed by atoms with Crippen LogP contribution in [0.2, 0.25) is 0 Å². The number of thiazole rings is 1. The first-order chi connectivity index (χ1) is 20.2. The number of rotatable bonds is 10. The second kappa shape index (κ2) is 13.3. The molecule has 1 aliphatic carbocycles. The maximum atomic E-state index is 13.4. The summed E-state index contributed by atoms with van der Waals surface area (Å²) in [4.78, 5) is 54.0. The molecular weight excluding hydrogens is 564 g/mol. The van der Waals surface area contributed by atoms with E-state index in [1.165, 1.54) is 32.6 Å². The molecule has 1 atom stereocenters. The average molecular weight is 597 g/mol. The quantitative estimate of drug-likeness (QED) is 0.296. The van der Waals surface area contributed by atoms with Gasteiger partial charge in [0, 0.05) is 17.9 Å². The van der Waals surface area contributed by atoms with Crippen LogP contribution in [0.5, 0.6) is 17.2 Å². The van der Waals surface area contributed by atoms with Crippen LogP contribution in [0.25, 0.3) is 11.1 Å². The van der Waals surface area contributed by atoms with Crippen LogP contribution in [0.1, 0.15) is 47.9 Å². The number of aryl methyl sites for hydroxylation is 1. The topological polar surface area (TPSA) is 154 Å². The maximum Gasteiger partial charge on any atom is 0.357 e. The zero-order valence-corrected chi connectivity index (χ0v) is 24.7. The number of anilines is 2. The van der Waals surface area contributed by atoms with Gasteiger partial charge in [-0.05, 0) is 54.7 Å². The fourth-order valence-electron chi connectivity index (χ4n) is 4.82. The number of carbonyl (C=O) groups excluding carboxylic acids is 3. The molecule has 0 fully saturated rings. The highest BCUT2D eigenvalue weighted by molar-refractivity contribution is 7.14. The first-order valence-corrected chi connectivity index (χ1v) is 14.0. The van der Waals surface area contributed by atoms with Crippen molar-refractivity contribution in [2.24, 2.45) is 0 Å². The van der Waals surface area contributed by atoms with Crippen LogP contribution in [-0.2, 0) is 20.7 Å². The molecule has 2 amide bonds. The molecule has 0 bridgehead atoms. The van der Waals surface area contributed by atoms with Crippen LogP contribution in [-0.4, -0.2) is 57.2 Å². The Morgan fingerprint density at radius 3 is 2.50 bits per heavy atom.